The summed E-state index contributed by atoms with van der Waals surface area (Å²) in [7, 11) is 2.13. The number of thiophene rings is 1. The minimum atomic E-state index is 0.297. The first-order chi connectivity index (χ1) is 16.6. The van der Waals surface area contributed by atoms with Crippen LogP contribution in [0, 0.1) is 6.92 Å². The van der Waals surface area contributed by atoms with Crippen LogP contribution in [0.5, 0.6) is 0 Å². The van der Waals surface area contributed by atoms with Crippen LogP contribution in [0.15, 0.2) is 91.3 Å². The summed E-state index contributed by atoms with van der Waals surface area (Å²) in [6.45, 7) is 4.48. The number of anilines is 1. The third-order valence-corrected chi connectivity index (χ3v) is 8.46. The first-order valence-electron chi connectivity index (χ1n) is 11.7. The lowest BCUT2D eigenvalue weighted by atomic mass is 10.1. The minimum Gasteiger partial charge on any atom is -0.359 e. The van der Waals surface area contributed by atoms with Gasteiger partial charge in [0.2, 0.25) is 0 Å². The molecule has 3 nitrogen and oxygen atoms in total. The number of fused-ring (bicyclic) bond motifs is 6. The van der Waals surface area contributed by atoms with Gasteiger partial charge in [0.05, 0.1) is 11.0 Å². The lowest BCUT2D eigenvalue weighted by Crippen LogP contribution is -2.33. The van der Waals surface area contributed by atoms with Crippen LogP contribution in [-0.2, 0) is 0 Å². The highest BCUT2D eigenvalue weighted by molar-refractivity contribution is 7.25. The summed E-state index contributed by atoms with van der Waals surface area (Å²) in [5.41, 5.74) is 6.27. The molecule has 0 radical (unpaired) electrons. The van der Waals surface area contributed by atoms with Crippen molar-refractivity contribution in [2.45, 2.75) is 20.0 Å². The van der Waals surface area contributed by atoms with Crippen LogP contribution in [-0.4, -0.2) is 22.7 Å². The number of para-hydroxylation sites is 1. The van der Waals surface area contributed by atoms with Gasteiger partial charge in [-0.15, -0.1) is 11.3 Å². The second-order valence-electron chi connectivity index (χ2n) is 9.29. The zero-order valence-electron chi connectivity index (χ0n) is 19.5. The molecule has 0 aliphatic carbocycles. The van der Waals surface area contributed by atoms with Crippen molar-refractivity contribution in [2.24, 2.45) is 0 Å². The molecule has 0 saturated carbocycles. The molecule has 0 fully saturated rings. The molecule has 6 aromatic rings. The summed E-state index contributed by atoms with van der Waals surface area (Å²) in [6, 6.07) is 29.1. The molecule has 0 amide bonds. The summed E-state index contributed by atoms with van der Waals surface area (Å²) in [4.78, 5) is 4.62. The number of benzene rings is 4. The molecule has 1 aliphatic heterocycles. The topological polar surface area (TPSA) is 11.4 Å². The Kier molecular flexibility index (Phi) is 4.12. The van der Waals surface area contributed by atoms with Gasteiger partial charge in [0.1, 0.15) is 6.17 Å². The standard InChI is InChI=1S/C30H25N3S/c1-19-15-27-24(17-26(19)32-14-13-31(3)20(32)2)23-16-25-22-11-7-8-12-29(22)34-30(25)18-28(23)33(27)21-9-5-4-6-10-21/h4-18,20H,1-3H3/t20-/m0/s1. The molecule has 0 N–H and O–H groups in total. The number of aromatic nitrogens is 1. The highest BCUT2D eigenvalue weighted by Gasteiger charge is 2.24. The largest absolute Gasteiger partial charge is 0.359 e. The molecule has 4 heteroatoms. The highest BCUT2D eigenvalue weighted by atomic mass is 32.1. The maximum absolute atomic E-state index is 2.43. The van der Waals surface area contributed by atoms with Crippen LogP contribution in [0.3, 0.4) is 0 Å². The molecule has 2 aromatic heterocycles. The van der Waals surface area contributed by atoms with E-state index in [1.807, 2.05) is 11.3 Å². The van der Waals surface area contributed by atoms with E-state index >= 15 is 0 Å². The second kappa shape index (κ2) is 7.12. The maximum atomic E-state index is 2.43. The Morgan fingerprint density at radius 1 is 0.706 bits per heavy atom. The predicted octanol–water partition coefficient (Wildman–Crippen LogP) is 8.03. The average molecular weight is 460 g/mol. The van der Waals surface area contributed by atoms with Crippen LogP contribution in [0.1, 0.15) is 12.5 Å². The zero-order valence-corrected chi connectivity index (χ0v) is 20.3. The molecule has 7 rings (SSSR count). The van der Waals surface area contributed by atoms with E-state index < -0.39 is 0 Å². The Bertz CT molecular complexity index is 1760. The number of hydrogen-bond acceptors (Lipinski definition) is 3. The quantitative estimate of drug-likeness (QED) is 0.260. The van der Waals surface area contributed by atoms with Crippen molar-refractivity contribution in [1.29, 1.82) is 0 Å². The molecule has 166 valence electrons. The second-order valence-corrected chi connectivity index (χ2v) is 10.4. The summed E-state index contributed by atoms with van der Waals surface area (Å²) in [5.74, 6) is 0. The van der Waals surface area contributed by atoms with E-state index in [0.29, 0.717) is 6.17 Å². The smallest absolute Gasteiger partial charge is 0.102 e. The van der Waals surface area contributed by atoms with Gasteiger partial charge in [-0.3, -0.25) is 0 Å². The van der Waals surface area contributed by atoms with Crippen molar-refractivity contribution in [3.8, 4) is 5.69 Å². The van der Waals surface area contributed by atoms with Crippen LogP contribution < -0.4 is 4.90 Å². The molecule has 1 atom stereocenters. The molecule has 34 heavy (non-hydrogen) atoms. The van der Waals surface area contributed by atoms with Crippen molar-refractivity contribution in [2.75, 3.05) is 11.9 Å². The molecule has 0 spiro atoms. The van der Waals surface area contributed by atoms with E-state index in [1.165, 1.54) is 58.9 Å². The van der Waals surface area contributed by atoms with Crippen molar-refractivity contribution < 1.29 is 0 Å². The van der Waals surface area contributed by atoms with E-state index in [4.69, 9.17) is 0 Å². The van der Waals surface area contributed by atoms with Crippen molar-refractivity contribution in [3.63, 3.8) is 0 Å². The lowest BCUT2D eigenvalue weighted by Gasteiger charge is -2.28. The Morgan fingerprint density at radius 3 is 2.24 bits per heavy atom. The fourth-order valence-corrected chi connectivity index (χ4v) is 6.53. The normalized spacial score (nSPS) is 16.1. The number of rotatable bonds is 2. The van der Waals surface area contributed by atoms with Gasteiger partial charge in [-0.05, 0) is 61.9 Å². The lowest BCUT2D eigenvalue weighted by molar-refractivity contribution is 0.383. The van der Waals surface area contributed by atoms with Crippen molar-refractivity contribution >= 4 is 59.0 Å². The molecular formula is C30H25N3S. The zero-order chi connectivity index (χ0) is 23.0. The Balaban J connectivity index is 1.61. The SMILES string of the molecule is Cc1cc2c(cc1N1C=CN(C)[C@@H]1C)c1cc3c(cc1n2-c1ccccc1)sc1ccccc13. The van der Waals surface area contributed by atoms with E-state index in [1.54, 1.807) is 0 Å². The number of nitrogens with zero attached hydrogens (tertiary/aromatic N) is 3. The van der Waals surface area contributed by atoms with Crippen molar-refractivity contribution in [1.82, 2.24) is 9.47 Å². The van der Waals surface area contributed by atoms with Gasteiger partial charge in [-0.2, -0.15) is 0 Å². The van der Waals surface area contributed by atoms with Gasteiger partial charge >= 0.3 is 0 Å². The monoisotopic (exact) mass is 459 g/mol. The van der Waals surface area contributed by atoms with Gasteiger partial charge in [0.25, 0.3) is 0 Å². The molecule has 0 unspecified atom stereocenters. The summed E-state index contributed by atoms with van der Waals surface area (Å²) in [6.07, 6.45) is 4.65. The van der Waals surface area contributed by atoms with E-state index in [9.17, 15) is 0 Å². The Morgan fingerprint density at radius 2 is 1.44 bits per heavy atom. The first kappa shape index (κ1) is 19.7. The van der Waals surface area contributed by atoms with Gasteiger partial charge in [-0.1, -0.05) is 36.4 Å². The fraction of sp³-hybridized carbons (Fsp3) is 0.133. The van der Waals surface area contributed by atoms with Crippen LogP contribution in [0.4, 0.5) is 5.69 Å². The third kappa shape index (κ3) is 2.69. The van der Waals surface area contributed by atoms with E-state index in [2.05, 4.69) is 127 Å². The fourth-order valence-electron chi connectivity index (χ4n) is 5.41. The first-order valence-corrected chi connectivity index (χ1v) is 12.6. The van der Waals surface area contributed by atoms with Crippen LogP contribution in [0.25, 0.3) is 47.7 Å². The van der Waals surface area contributed by atoms with E-state index in [-0.39, 0.29) is 0 Å². The van der Waals surface area contributed by atoms with Gasteiger partial charge < -0.3 is 14.4 Å². The predicted molar refractivity (Wildman–Crippen MR) is 147 cm³/mol. The van der Waals surface area contributed by atoms with Gasteiger partial charge in [-0.25, -0.2) is 0 Å². The average Bonchev–Trinajstić information content (AvgIpc) is 3.48. The highest BCUT2D eigenvalue weighted by Crippen LogP contribution is 2.42. The van der Waals surface area contributed by atoms with Gasteiger partial charge in [0.15, 0.2) is 0 Å². The minimum absolute atomic E-state index is 0.297. The molecule has 1 aliphatic rings. The summed E-state index contributed by atoms with van der Waals surface area (Å²) < 4.78 is 5.11. The number of aryl methyl sites for hydroxylation is 1. The molecule has 4 aromatic carbocycles. The van der Waals surface area contributed by atoms with Crippen molar-refractivity contribution in [3.05, 3.63) is 96.8 Å². The Hall–Kier alpha value is -3.76. The van der Waals surface area contributed by atoms with Crippen LogP contribution >= 0.6 is 11.3 Å². The molecule has 0 bridgehead atoms. The molecular weight excluding hydrogens is 434 g/mol. The summed E-state index contributed by atoms with van der Waals surface area (Å²) >= 11 is 1.88. The van der Waals surface area contributed by atoms with Crippen LogP contribution in [0.2, 0.25) is 0 Å². The molecule has 3 heterocycles. The number of hydrogen-bond donors (Lipinski definition) is 0. The van der Waals surface area contributed by atoms with Gasteiger partial charge in [0, 0.05) is 61.8 Å². The van der Waals surface area contributed by atoms with E-state index in [0.717, 1.165) is 0 Å². The Labute approximate surface area is 202 Å². The maximum Gasteiger partial charge on any atom is 0.102 e. The third-order valence-electron chi connectivity index (χ3n) is 7.33. The summed E-state index contributed by atoms with van der Waals surface area (Å²) in [5, 5.41) is 5.29. The molecule has 0 saturated heterocycles.